The van der Waals surface area contributed by atoms with Crippen LogP contribution in [0.5, 0.6) is 0 Å². The summed E-state index contributed by atoms with van der Waals surface area (Å²) in [6.45, 7) is 0. The third-order valence-corrected chi connectivity index (χ3v) is 12.6. The summed E-state index contributed by atoms with van der Waals surface area (Å²) in [5.74, 6) is 0.715. The van der Waals surface area contributed by atoms with Gasteiger partial charge in [0.25, 0.3) is 0 Å². The van der Waals surface area contributed by atoms with Gasteiger partial charge in [-0.2, -0.15) is 0 Å². The molecule has 0 N–H and O–H groups in total. The van der Waals surface area contributed by atoms with Crippen molar-refractivity contribution in [2.75, 3.05) is 0 Å². The lowest BCUT2D eigenvalue weighted by Gasteiger charge is -2.34. The van der Waals surface area contributed by atoms with Crippen LogP contribution in [0, 0.1) is 0 Å². The highest BCUT2D eigenvalue weighted by Crippen LogP contribution is 2.57. The second-order valence-corrected chi connectivity index (χ2v) is 15.9. The Morgan fingerprint density at radius 3 is 1.44 bits per heavy atom. The molecule has 61 heavy (non-hydrogen) atoms. The molecule has 11 aromatic rings. The average molecular weight is 776 g/mol. The maximum absolute atomic E-state index is 5.39. The number of hydrogen-bond acceptors (Lipinski definition) is 3. The molecule has 3 nitrogen and oxygen atoms in total. The van der Waals surface area contributed by atoms with Crippen molar-refractivity contribution >= 4 is 32.6 Å². The minimum Gasteiger partial charge on any atom is -0.247 e. The summed E-state index contributed by atoms with van der Waals surface area (Å²) in [6, 6.07) is 80.5. The summed E-state index contributed by atoms with van der Waals surface area (Å²) >= 11 is 0. The summed E-state index contributed by atoms with van der Waals surface area (Å²) in [5, 5.41) is 4.54. The standard InChI is InChI=1S/C58H37N3/c1-4-16-40(17-5-1)55-47-24-12-15-27-54(47)60-57(61-55)42-34-30-39(31-35-42)38-28-32-41(33-29-38)56-50-36-49-45-22-10-13-25-51(45)58(43-18-6-2-7-19-43,44-20-8-3-9-21-44)52(49)37-48(50)46-23-11-14-26-53(46)59-56/h1-37H. The quantitative estimate of drug-likeness (QED) is 0.158. The lowest BCUT2D eigenvalue weighted by atomic mass is 9.67. The number of hydrogen-bond donors (Lipinski definition) is 0. The Morgan fingerprint density at radius 1 is 0.279 bits per heavy atom. The molecule has 0 amide bonds. The first-order valence-electron chi connectivity index (χ1n) is 20.9. The number of benzene rings is 9. The van der Waals surface area contributed by atoms with Crippen molar-refractivity contribution in [2.45, 2.75) is 5.41 Å². The summed E-state index contributed by atoms with van der Waals surface area (Å²) < 4.78 is 0. The van der Waals surface area contributed by atoms with Crippen molar-refractivity contribution in [3.63, 3.8) is 0 Å². The minimum atomic E-state index is -0.477. The fourth-order valence-corrected chi connectivity index (χ4v) is 9.76. The van der Waals surface area contributed by atoms with Crippen molar-refractivity contribution in [1.82, 2.24) is 15.0 Å². The van der Waals surface area contributed by atoms with Gasteiger partial charge < -0.3 is 0 Å². The Bertz CT molecular complexity index is 3390. The fraction of sp³-hybridized carbons (Fsp3) is 0.0172. The zero-order valence-corrected chi connectivity index (χ0v) is 33.2. The molecule has 0 aliphatic heterocycles. The molecule has 9 aromatic carbocycles. The van der Waals surface area contributed by atoms with E-state index in [1.165, 1.54) is 38.8 Å². The average Bonchev–Trinajstić information content (AvgIpc) is 3.63. The van der Waals surface area contributed by atoms with Gasteiger partial charge in [-0.05, 0) is 74.2 Å². The molecular formula is C58H37N3. The number of fused-ring (bicyclic) bond motifs is 7. The van der Waals surface area contributed by atoms with Crippen LogP contribution in [0.15, 0.2) is 224 Å². The predicted octanol–water partition coefficient (Wildman–Crippen LogP) is 14.4. The first kappa shape index (κ1) is 35.0. The van der Waals surface area contributed by atoms with Crippen LogP contribution in [0.4, 0.5) is 0 Å². The topological polar surface area (TPSA) is 38.7 Å². The Hall–Kier alpha value is -8.01. The summed E-state index contributed by atoms with van der Waals surface area (Å²) in [4.78, 5) is 15.5. The highest BCUT2D eigenvalue weighted by Gasteiger charge is 2.46. The van der Waals surface area contributed by atoms with Crippen LogP contribution in [0.3, 0.4) is 0 Å². The van der Waals surface area contributed by atoms with Gasteiger partial charge in [-0.3, -0.25) is 0 Å². The summed E-state index contributed by atoms with van der Waals surface area (Å²) in [6.07, 6.45) is 0. The van der Waals surface area contributed by atoms with Gasteiger partial charge in [0.1, 0.15) is 0 Å². The van der Waals surface area contributed by atoms with E-state index in [1.54, 1.807) is 0 Å². The van der Waals surface area contributed by atoms with Crippen LogP contribution >= 0.6 is 0 Å². The SMILES string of the molecule is c1ccc(-c2nc(-c3ccc(-c4ccc(-c5nc6ccccc6c6cc7c(cc56)-c5ccccc5C7(c5ccccc5)c5ccccc5)cc4)cc3)nc3ccccc23)cc1. The van der Waals surface area contributed by atoms with E-state index >= 15 is 0 Å². The Morgan fingerprint density at radius 2 is 0.770 bits per heavy atom. The van der Waals surface area contributed by atoms with E-state index in [4.69, 9.17) is 15.0 Å². The van der Waals surface area contributed by atoms with E-state index in [0.29, 0.717) is 5.82 Å². The van der Waals surface area contributed by atoms with Crippen molar-refractivity contribution in [1.29, 1.82) is 0 Å². The molecule has 0 bridgehead atoms. The monoisotopic (exact) mass is 775 g/mol. The van der Waals surface area contributed by atoms with Crippen molar-refractivity contribution < 1.29 is 0 Å². The van der Waals surface area contributed by atoms with Crippen LogP contribution in [0.25, 0.3) is 88.7 Å². The molecule has 1 aliphatic rings. The van der Waals surface area contributed by atoms with E-state index in [0.717, 1.165) is 66.4 Å². The van der Waals surface area contributed by atoms with Gasteiger partial charge in [-0.25, -0.2) is 15.0 Å². The first-order chi connectivity index (χ1) is 30.2. The Labute approximate surface area is 354 Å². The molecule has 0 radical (unpaired) electrons. The maximum atomic E-state index is 5.39. The van der Waals surface area contributed by atoms with Gasteiger partial charge in [-0.1, -0.05) is 200 Å². The second kappa shape index (κ2) is 14.1. The van der Waals surface area contributed by atoms with Gasteiger partial charge in [0.05, 0.1) is 27.8 Å². The summed E-state index contributed by atoms with van der Waals surface area (Å²) in [7, 11) is 0. The lowest BCUT2D eigenvalue weighted by molar-refractivity contribution is 0.769. The molecular weight excluding hydrogens is 739 g/mol. The van der Waals surface area contributed by atoms with E-state index in [-0.39, 0.29) is 0 Å². The molecule has 2 aromatic heterocycles. The van der Waals surface area contributed by atoms with Crippen molar-refractivity contribution in [3.8, 4) is 56.2 Å². The summed E-state index contributed by atoms with van der Waals surface area (Å²) in [5.41, 5.74) is 16.4. The van der Waals surface area contributed by atoms with Crippen molar-refractivity contribution in [2.24, 2.45) is 0 Å². The number of pyridine rings is 1. The molecule has 3 heteroatoms. The Balaban J connectivity index is 0.973. The lowest BCUT2D eigenvalue weighted by Crippen LogP contribution is -2.28. The zero-order valence-electron chi connectivity index (χ0n) is 33.2. The molecule has 284 valence electrons. The molecule has 0 saturated carbocycles. The normalized spacial score (nSPS) is 12.7. The van der Waals surface area contributed by atoms with Crippen molar-refractivity contribution in [3.05, 3.63) is 247 Å². The molecule has 0 fully saturated rings. The fourth-order valence-electron chi connectivity index (χ4n) is 9.76. The highest BCUT2D eigenvalue weighted by atomic mass is 14.9. The van der Waals surface area contributed by atoms with Gasteiger partial charge in [-0.15, -0.1) is 0 Å². The highest BCUT2D eigenvalue weighted by molar-refractivity contribution is 6.13. The molecule has 0 unspecified atom stereocenters. The van der Waals surface area contributed by atoms with Gasteiger partial charge in [0.15, 0.2) is 5.82 Å². The van der Waals surface area contributed by atoms with Gasteiger partial charge >= 0.3 is 0 Å². The van der Waals surface area contributed by atoms with Crippen LogP contribution in [0.1, 0.15) is 22.3 Å². The zero-order chi connectivity index (χ0) is 40.3. The van der Waals surface area contributed by atoms with E-state index in [2.05, 4.69) is 206 Å². The van der Waals surface area contributed by atoms with E-state index in [9.17, 15) is 0 Å². The number of aromatic nitrogens is 3. The predicted molar refractivity (Wildman–Crippen MR) is 251 cm³/mol. The van der Waals surface area contributed by atoms with Crippen LogP contribution in [0.2, 0.25) is 0 Å². The molecule has 12 rings (SSSR count). The molecule has 2 heterocycles. The Kier molecular flexibility index (Phi) is 8.07. The smallest absolute Gasteiger partial charge is 0.160 e. The van der Waals surface area contributed by atoms with Crippen LogP contribution in [-0.2, 0) is 5.41 Å². The van der Waals surface area contributed by atoms with Gasteiger partial charge in [0.2, 0.25) is 0 Å². The molecule has 0 atom stereocenters. The van der Waals surface area contributed by atoms with E-state index < -0.39 is 5.41 Å². The first-order valence-corrected chi connectivity index (χ1v) is 20.9. The molecule has 0 saturated heterocycles. The largest absolute Gasteiger partial charge is 0.247 e. The van der Waals surface area contributed by atoms with Crippen LogP contribution in [-0.4, -0.2) is 15.0 Å². The second-order valence-electron chi connectivity index (χ2n) is 15.9. The number of nitrogens with zero attached hydrogens (tertiary/aromatic N) is 3. The van der Waals surface area contributed by atoms with Gasteiger partial charge in [0, 0.05) is 32.8 Å². The third kappa shape index (κ3) is 5.55. The number of para-hydroxylation sites is 2. The third-order valence-electron chi connectivity index (χ3n) is 12.6. The molecule has 0 spiro atoms. The van der Waals surface area contributed by atoms with Crippen LogP contribution < -0.4 is 0 Å². The maximum Gasteiger partial charge on any atom is 0.160 e. The molecule has 1 aliphatic carbocycles. The minimum absolute atomic E-state index is 0.477. The van der Waals surface area contributed by atoms with E-state index in [1.807, 2.05) is 18.2 Å². The number of rotatable bonds is 6.